The maximum atomic E-state index is 12.6. The highest BCUT2D eigenvalue weighted by atomic mass is 16.6. The fourth-order valence-corrected chi connectivity index (χ4v) is 4.66. The SMILES string of the molecule is COc1ccc(C[C@H]2COC(=O)[C@@H]2Cc2ccc(OC(=O)N3CC[C@@H](N)C3)c(OC)c2)cc1OC. The summed E-state index contributed by atoms with van der Waals surface area (Å²) in [5.41, 5.74) is 7.82. The number of likely N-dealkylation sites (tertiary alicyclic amines) is 1. The maximum absolute atomic E-state index is 12.6. The van der Waals surface area contributed by atoms with Crippen molar-refractivity contribution in [3.63, 3.8) is 0 Å². The minimum absolute atomic E-state index is 0.0171. The van der Waals surface area contributed by atoms with Crippen molar-refractivity contribution in [2.75, 3.05) is 41.0 Å². The average molecular weight is 485 g/mol. The van der Waals surface area contributed by atoms with E-state index in [2.05, 4.69) is 0 Å². The van der Waals surface area contributed by atoms with Crippen LogP contribution in [0.25, 0.3) is 0 Å². The van der Waals surface area contributed by atoms with E-state index >= 15 is 0 Å². The molecule has 2 aliphatic rings. The molecule has 1 amide bonds. The standard InChI is InChI=1S/C26H32N2O7/c1-31-21-6-4-16(12-23(21)32-2)10-18-15-34-25(29)20(18)11-17-5-7-22(24(13-17)33-3)35-26(30)28-9-8-19(27)14-28/h4-7,12-13,18-20H,8-11,14-15,27H2,1-3H3/t18-,19+,20+/m0/s1. The fourth-order valence-electron chi connectivity index (χ4n) is 4.66. The van der Waals surface area contributed by atoms with E-state index < -0.39 is 6.09 Å². The number of carbonyl (C=O) groups excluding carboxylic acids is 2. The summed E-state index contributed by atoms with van der Waals surface area (Å²) in [6.45, 7) is 1.42. The van der Waals surface area contributed by atoms with Crippen molar-refractivity contribution in [1.29, 1.82) is 0 Å². The van der Waals surface area contributed by atoms with Gasteiger partial charge in [-0.2, -0.15) is 0 Å². The monoisotopic (exact) mass is 484 g/mol. The molecule has 0 bridgehead atoms. The Kier molecular flexibility index (Phi) is 7.65. The van der Waals surface area contributed by atoms with Crippen molar-refractivity contribution in [3.8, 4) is 23.0 Å². The Bertz CT molecular complexity index is 1070. The Balaban J connectivity index is 1.45. The van der Waals surface area contributed by atoms with Crippen LogP contribution < -0.4 is 24.7 Å². The number of nitrogens with two attached hydrogens (primary N) is 1. The van der Waals surface area contributed by atoms with Gasteiger partial charge >= 0.3 is 12.1 Å². The van der Waals surface area contributed by atoms with E-state index in [1.807, 2.05) is 24.3 Å². The molecule has 2 aromatic rings. The lowest BCUT2D eigenvalue weighted by molar-refractivity contribution is -0.141. The number of amides is 1. The van der Waals surface area contributed by atoms with Crippen molar-refractivity contribution in [3.05, 3.63) is 47.5 Å². The molecular formula is C26H32N2O7. The van der Waals surface area contributed by atoms with Gasteiger partial charge in [-0.15, -0.1) is 0 Å². The van der Waals surface area contributed by atoms with Gasteiger partial charge in [-0.3, -0.25) is 4.79 Å². The number of cyclic esters (lactones) is 1. The largest absolute Gasteiger partial charge is 0.493 e. The van der Waals surface area contributed by atoms with E-state index in [-0.39, 0.29) is 23.8 Å². The van der Waals surface area contributed by atoms with E-state index in [4.69, 9.17) is 29.4 Å². The second-order valence-corrected chi connectivity index (χ2v) is 8.94. The third-order valence-electron chi connectivity index (χ3n) is 6.62. The van der Waals surface area contributed by atoms with Crippen LogP contribution in [0.15, 0.2) is 36.4 Å². The van der Waals surface area contributed by atoms with Crippen molar-refractivity contribution in [1.82, 2.24) is 4.90 Å². The molecule has 188 valence electrons. The molecule has 9 nitrogen and oxygen atoms in total. The first kappa shape index (κ1) is 24.7. The summed E-state index contributed by atoms with van der Waals surface area (Å²) in [6, 6.07) is 11.1. The van der Waals surface area contributed by atoms with Crippen LogP contribution in [0.3, 0.4) is 0 Å². The van der Waals surface area contributed by atoms with E-state index in [0.717, 1.165) is 17.5 Å². The molecule has 0 radical (unpaired) electrons. The first-order chi connectivity index (χ1) is 16.9. The topological polar surface area (TPSA) is 110 Å². The molecule has 2 N–H and O–H groups in total. The van der Waals surface area contributed by atoms with Gasteiger partial charge in [0.1, 0.15) is 0 Å². The third-order valence-corrected chi connectivity index (χ3v) is 6.62. The number of carbonyl (C=O) groups is 2. The number of benzene rings is 2. The molecular weight excluding hydrogens is 452 g/mol. The number of ether oxygens (including phenoxy) is 5. The van der Waals surface area contributed by atoms with Crippen LogP contribution in [0.4, 0.5) is 4.79 Å². The van der Waals surface area contributed by atoms with Crippen LogP contribution >= 0.6 is 0 Å². The smallest absolute Gasteiger partial charge is 0.415 e. The molecule has 2 heterocycles. The van der Waals surface area contributed by atoms with Gasteiger partial charge in [0.15, 0.2) is 23.0 Å². The molecule has 2 saturated heterocycles. The zero-order valence-electron chi connectivity index (χ0n) is 20.3. The van der Waals surface area contributed by atoms with Gasteiger partial charge in [-0.25, -0.2) is 4.79 Å². The normalized spacial score (nSPS) is 21.5. The maximum Gasteiger partial charge on any atom is 0.415 e. The molecule has 0 saturated carbocycles. The Morgan fingerprint density at radius 2 is 1.60 bits per heavy atom. The number of esters is 1. The zero-order valence-corrected chi connectivity index (χ0v) is 20.3. The predicted molar refractivity (Wildman–Crippen MR) is 128 cm³/mol. The highest BCUT2D eigenvalue weighted by molar-refractivity contribution is 5.75. The number of rotatable bonds is 8. The molecule has 9 heteroatoms. The molecule has 35 heavy (non-hydrogen) atoms. The number of methoxy groups -OCH3 is 3. The summed E-state index contributed by atoms with van der Waals surface area (Å²) in [7, 11) is 4.71. The van der Waals surface area contributed by atoms with Crippen LogP contribution in [0.5, 0.6) is 23.0 Å². The van der Waals surface area contributed by atoms with E-state index in [9.17, 15) is 9.59 Å². The van der Waals surface area contributed by atoms with Crippen LogP contribution in [0, 0.1) is 11.8 Å². The number of nitrogens with zero attached hydrogens (tertiary/aromatic N) is 1. The van der Waals surface area contributed by atoms with Crippen molar-refractivity contribution in [2.24, 2.45) is 17.6 Å². The van der Waals surface area contributed by atoms with E-state index in [1.165, 1.54) is 7.11 Å². The van der Waals surface area contributed by atoms with Gasteiger partial charge in [0, 0.05) is 25.0 Å². The summed E-state index contributed by atoms with van der Waals surface area (Å²) < 4.78 is 27.1. The van der Waals surface area contributed by atoms with Crippen LogP contribution in [0.1, 0.15) is 17.5 Å². The van der Waals surface area contributed by atoms with Crippen molar-refractivity contribution < 1.29 is 33.3 Å². The molecule has 0 spiro atoms. The van der Waals surface area contributed by atoms with Gasteiger partial charge in [-0.1, -0.05) is 12.1 Å². The summed E-state index contributed by atoms with van der Waals surface area (Å²) in [5.74, 6) is 1.58. The molecule has 2 aliphatic heterocycles. The highest BCUT2D eigenvalue weighted by Gasteiger charge is 2.37. The third kappa shape index (κ3) is 5.62. The molecule has 0 aromatic heterocycles. The predicted octanol–water partition coefficient (Wildman–Crippen LogP) is 2.82. The Hall–Kier alpha value is -3.46. The summed E-state index contributed by atoms with van der Waals surface area (Å²) in [4.78, 5) is 26.6. The molecule has 3 atom stereocenters. The number of hydrogen-bond acceptors (Lipinski definition) is 8. The van der Waals surface area contributed by atoms with Gasteiger partial charge in [0.2, 0.25) is 0 Å². The van der Waals surface area contributed by atoms with Crippen LogP contribution in [0.2, 0.25) is 0 Å². The zero-order chi connectivity index (χ0) is 24.9. The molecule has 4 rings (SSSR count). The second-order valence-electron chi connectivity index (χ2n) is 8.94. The van der Waals surface area contributed by atoms with Gasteiger partial charge in [0.05, 0.1) is 33.9 Å². The lowest BCUT2D eigenvalue weighted by Crippen LogP contribution is -2.34. The first-order valence-corrected chi connectivity index (χ1v) is 11.7. The number of hydrogen-bond donors (Lipinski definition) is 1. The summed E-state index contributed by atoms with van der Waals surface area (Å²) >= 11 is 0. The summed E-state index contributed by atoms with van der Waals surface area (Å²) in [5, 5.41) is 0. The van der Waals surface area contributed by atoms with Crippen LogP contribution in [-0.4, -0.2) is 64.0 Å². The minimum atomic E-state index is -0.446. The molecule has 0 aliphatic carbocycles. The van der Waals surface area contributed by atoms with Crippen LogP contribution in [-0.2, 0) is 22.4 Å². The van der Waals surface area contributed by atoms with Crippen molar-refractivity contribution >= 4 is 12.1 Å². The highest BCUT2D eigenvalue weighted by Crippen LogP contribution is 2.35. The van der Waals surface area contributed by atoms with Gasteiger partial charge in [-0.05, 0) is 54.7 Å². The lowest BCUT2D eigenvalue weighted by atomic mass is 9.85. The van der Waals surface area contributed by atoms with E-state index in [0.29, 0.717) is 55.5 Å². The lowest BCUT2D eigenvalue weighted by Gasteiger charge is -2.19. The second kappa shape index (κ2) is 10.9. The molecule has 2 fully saturated rings. The Morgan fingerprint density at radius 3 is 2.23 bits per heavy atom. The quantitative estimate of drug-likeness (QED) is 0.570. The molecule has 0 unspecified atom stereocenters. The molecule has 2 aromatic carbocycles. The first-order valence-electron chi connectivity index (χ1n) is 11.7. The fraction of sp³-hybridized carbons (Fsp3) is 0.462. The van der Waals surface area contributed by atoms with Gasteiger partial charge < -0.3 is 34.3 Å². The minimum Gasteiger partial charge on any atom is -0.493 e. The Morgan fingerprint density at radius 1 is 0.971 bits per heavy atom. The van der Waals surface area contributed by atoms with E-state index in [1.54, 1.807) is 31.3 Å². The average Bonchev–Trinajstić information content (AvgIpc) is 3.45. The summed E-state index contributed by atoms with van der Waals surface area (Å²) in [6.07, 6.45) is 1.47. The van der Waals surface area contributed by atoms with Gasteiger partial charge in [0.25, 0.3) is 0 Å². The Labute approximate surface area is 205 Å². The van der Waals surface area contributed by atoms with Crippen molar-refractivity contribution in [2.45, 2.75) is 25.3 Å².